The van der Waals surface area contributed by atoms with Crippen LogP contribution >= 0.6 is 22.6 Å². The van der Waals surface area contributed by atoms with Crippen LogP contribution in [0.3, 0.4) is 0 Å². The zero-order valence-electron chi connectivity index (χ0n) is 7.24. The molecule has 0 aliphatic heterocycles. The van der Waals surface area contributed by atoms with E-state index < -0.39 is 0 Å². The topological polar surface area (TPSA) is 35.2 Å². The van der Waals surface area contributed by atoms with Crippen LogP contribution in [0.1, 0.15) is 12.8 Å². The van der Waals surface area contributed by atoms with Crippen molar-refractivity contribution in [2.75, 3.05) is 0 Å². The maximum atomic E-state index is 5.69. The largest absolute Gasteiger partial charge is 0.490 e. The second-order valence-electron chi connectivity index (χ2n) is 3.43. The number of nitrogens with two attached hydrogens (primary N) is 1. The molecule has 3 heteroatoms. The first-order valence-electron chi connectivity index (χ1n) is 4.42. The molecular weight excluding hydrogens is 277 g/mol. The number of hydrogen-bond acceptors (Lipinski definition) is 2. The summed E-state index contributed by atoms with van der Waals surface area (Å²) in [5.74, 6) is 0.956. The van der Waals surface area contributed by atoms with Gasteiger partial charge in [0.2, 0.25) is 0 Å². The monoisotopic (exact) mass is 289 g/mol. The second-order valence-corrected chi connectivity index (χ2v) is 4.67. The number of hydrogen-bond donors (Lipinski definition) is 1. The second kappa shape index (κ2) is 3.84. The number of rotatable bonds is 2. The molecule has 13 heavy (non-hydrogen) atoms. The average Bonchev–Trinajstić information content (AvgIpc) is 2.06. The Bertz CT molecular complexity index is 279. The molecule has 0 atom stereocenters. The van der Waals surface area contributed by atoms with Crippen LogP contribution in [0.15, 0.2) is 24.3 Å². The van der Waals surface area contributed by atoms with Crippen molar-refractivity contribution >= 4 is 22.6 Å². The Morgan fingerprint density at radius 2 is 1.85 bits per heavy atom. The highest BCUT2D eigenvalue weighted by Crippen LogP contribution is 2.24. The third-order valence-electron chi connectivity index (χ3n) is 2.25. The molecule has 2 N–H and O–H groups in total. The number of benzene rings is 1. The Morgan fingerprint density at radius 3 is 2.38 bits per heavy atom. The minimum atomic E-state index is 0.343. The van der Waals surface area contributed by atoms with E-state index in [1.807, 2.05) is 12.1 Å². The van der Waals surface area contributed by atoms with Crippen molar-refractivity contribution in [2.45, 2.75) is 25.0 Å². The van der Waals surface area contributed by atoms with Crippen LogP contribution in [0.25, 0.3) is 0 Å². The molecule has 1 aliphatic carbocycles. The average molecular weight is 289 g/mol. The summed E-state index contributed by atoms with van der Waals surface area (Å²) in [6.07, 6.45) is 2.33. The zero-order valence-corrected chi connectivity index (χ0v) is 9.40. The Morgan fingerprint density at radius 1 is 1.23 bits per heavy atom. The van der Waals surface area contributed by atoms with Gasteiger partial charge in [-0.25, -0.2) is 0 Å². The lowest BCUT2D eigenvalue weighted by molar-refractivity contribution is 0.101. The molecule has 1 aromatic rings. The summed E-state index contributed by atoms with van der Waals surface area (Å²) in [5.41, 5.74) is 5.67. The first kappa shape index (κ1) is 9.27. The van der Waals surface area contributed by atoms with Gasteiger partial charge in [0.05, 0.1) is 0 Å². The Hall–Kier alpha value is -0.290. The van der Waals surface area contributed by atoms with Crippen LogP contribution in [-0.2, 0) is 0 Å². The highest BCUT2D eigenvalue weighted by atomic mass is 127. The van der Waals surface area contributed by atoms with Crippen molar-refractivity contribution < 1.29 is 4.74 Å². The van der Waals surface area contributed by atoms with Crippen molar-refractivity contribution in [3.8, 4) is 5.75 Å². The van der Waals surface area contributed by atoms with Crippen LogP contribution in [0, 0.1) is 3.57 Å². The maximum Gasteiger partial charge on any atom is 0.119 e. The third-order valence-corrected chi connectivity index (χ3v) is 2.97. The van der Waals surface area contributed by atoms with Crippen LogP contribution < -0.4 is 10.5 Å². The molecule has 0 unspecified atom stereocenters. The van der Waals surface area contributed by atoms with Crippen molar-refractivity contribution in [1.82, 2.24) is 0 Å². The molecule has 1 aliphatic rings. The quantitative estimate of drug-likeness (QED) is 0.847. The third kappa shape index (κ3) is 2.34. The van der Waals surface area contributed by atoms with Gasteiger partial charge >= 0.3 is 0 Å². The van der Waals surface area contributed by atoms with Gasteiger partial charge in [-0.15, -0.1) is 0 Å². The van der Waals surface area contributed by atoms with Crippen molar-refractivity contribution in [3.63, 3.8) is 0 Å². The SMILES string of the molecule is NC1CC(Oc2ccc(I)cc2)C1. The molecule has 1 fully saturated rings. The number of ether oxygens (including phenoxy) is 1. The van der Waals surface area contributed by atoms with Gasteiger partial charge < -0.3 is 10.5 Å². The summed E-state index contributed by atoms with van der Waals surface area (Å²) >= 11 is 2.28. The molecule has 0 radical (unpaired) electrons. The lowest BCUT2D eigenvalue weighted by Crippen LogP contribution is -2.43. The molecule has 0 aromatic heterocycles. The molecule has 0 saturated heterocycles. The van der Waals surface area contributed by atoms with Crippen LogP contribution in [0.4, 0.5) is 0 Å². The predicted octanol–water partition coefficient (Wildman–Crippen LogP) is 2.16. The van der Waals surface area contributed by atoms with E-state index >= 15 is 0 Å². The Balaban J connectivity index is 1.91. The fraction of sp³-hybridized carbons (Fsp3) is 0.400. The molecule has 2 rings (SSSR count). The van der Waals surface area contributed by atoms with E-state index in [1.165, 1.54) is 3.57 Å². The maximum absolute atomic E-state index is 5.69. The van der Waals surface area contributed by atoms with Crippen molar-refractivity contribution in [3.05, 3.63) is 27.8 Å². The minimum Gasteiger partial charge on any atom is -0.490 e. The molecule has 1 saturated carbocycles. The van der Waals surface area contributed by atoms with Gasteiger partial charge in [0.15, 0.2) is 0 Å². The molecule has 0 amide bonds. The van der Waals surface area contributed by atoms with Gasteiger partial charge in [0.25, 0.3) is 0 Å². The summed E-state index contributed by atoms with van der Waals surface area (Å²) in [5, 5.41) is 0. The van der Waals surface area contributed by atoms with E-state index in [4.69, 9.17) is 10.5 Å². The summed E-state index contributed by atoms with van der Waals surface area (Å²) in [4.78, 5) is 0. The molecule has 70 valence electrons. The van der Waals surface area contributed by atoms with Crippen LogP contribution in [0.2, 0.25) is 0 Å². The van der Waals surface area contributed by atoms with Crippen LogP contribution in [0.5, 0.6) is 5.75 Å². The normalized spacial score (nSPS) is 26.6. The molecule has 0 bridgehead atoms. The molecule has 0 spiro atoms. The summed E-state index contributed by atoms with van der Waals surface area (Å²) < 4.78 is 6.92. The van der Waals surface area contributed by atoms with Crippen LogP contribution in [-0.4, -0.2) is 12.1 Å². The van der Waals surface area contributed by atoms with E-state index in [0.717, 1.165) is 18.6 Å². The molecule has 0 heterocycles. The highest BCUT2D eigenvalue weighted by molar-refractivity contribution is 14.1. The van der Waals surface area contributed by atoms with Crippen molar-refractivity contribution in [2.24, 2.45) is 5.73 Å². The number of halogens is 1. The predicted molar refractivity (Wildman–Crippen MR) is 60.8 cm³/mol. The first-order valence-corrected chi connectivity index (χ1v) is 5.50. The van der Waals surface area contributed by atoms with Gasteiger partial charge in [-0.05, 0) is 59.7 Å². The van der Waals surface area contributed by atoms with Crippen molar-refractivity contribution in [1.29, 1.82) is 0 Å². The first-order chi connectivity index (χ1) is 6.24. The standard InChI is InChI=1S/C10H12INO/c11-7-1-3-9(4-2-7)13-10-5-8(12)6-10/h1-4,8,10H,5-6,12H2. The van der Waals surface area contributed by atoms with Gasteiger partial charge in [0.1, 0.15) is 11.9 Å². The van der Waals surface area contributed by atoms with E-state index in [-0.39, 0.29) is 0 Å². The fourth-order valence-electron chi connectivity index (χ4n) is 1.41. The van der Waals surface area contributed by atoms with Gasteiger partial charge in [0, 0.05) is 9.61 Å². The molecular formula is C10H12INO. The zero-order chi connectivity index (χ0) is 9.26. The van der Waals surface area contributed by atoms with E-state index in [1.54, 1.807) is 0 Å². The lowest BCUT2D eigenvalue weighted by atomic mass is 9.90. The van der Waals surface area contributed by atoms with Gasteiger partial charge in [-0.1, -0.05) is 0 Å². The summed E-state index contributed by atoms with van der Waals surface area (Å²) in [7, 11) is 0. The van der Waals surface area contributed by atoms with E-state index in [0.29, 0.717) is 12.1 Å². The Kier molecular flexibility index (Phi) is 2.74. The van der Waals surface area contributed by atoms with E-state index in [2.05, 4.69) is 34.7 Å². The lowest BCUT2D eigenvalue weighted by Gasteiger charge is -2.32. The Labute approximate surface area is 91.6 Å². The fourth-order valence-corrected chi connectivity index (χ4v) is 1.77. The highest BCUT2D eigenvalue weighted by Gasteiger charge is 2.27. The smallest absolute Gasteiger partial charge is 0.119 e. The molecule has 1 aromatic carbocycles. The summed E-state index contributed by atoms with van der Waals surface area (Å²) in [6.45, 7) is 0. The summed E-state index contributed by atoms with van der Waals surface area (Å²) in [6, 6.07) is 8.47. The minimum absolute atomic E-state index is 0.343. The van der Waals surface area contributed by atoms with Gasteiger partial charge in [-0.2, -0.15) is 0 Å². The molecule has 2 nitrogen and oxygen atoms in total. The van der Waals surface area contributed by atoms with Gasteiger partial charge in [-0.3, -0.25) is 0 Å². The van der Waals surface area contributed by atoms with E-state index in [9.17, 15) is 0 Å².